The quantitative estimate of drug-likeness (QED) is 0.322. The van der Waals surface area contributed by atoms with Crippen LogP contribution in [-0.2, 0) is 22.4 Å². The Bertz CT molecular complexity index is 1460. The van der Waals surface area contributed by atoms with Crippen molar-refractivity contribution in [2.75, 3.05) is 7.11 Å². The number of hydrogen-bond donors (Lipinski definition) is 2. The van der Waals surface area contributed by atoms with Crippen LogP contribution in [0, 0.1) is 20.8 Å². The summed E-state index contributed by atoms with van der Waals surface area (Å²) in [6.45, 7) is 16.9. The van der Waals surface area contributed by atoms with Crippen molar-refractivity contribution in [3.8, 4) is 0 Å². The van der Waals surface area contributed by atoms with Crippen LogP contribution < -0.4 is 0 Å². The fourth-order valence-corrected chi connectivity index (χ4v) is 5.23. The summed E-state index contributed by atoms with van der Waals surface area (Å²) in [6, 6.07) is 0. The molecule has 0 saturated heterocycles. The number of rotatable bonds is 7. The molecule has 2 aliphatic heterocycles. The first-order valence-electron chi connectivity index (χ1n) is 13.0. The molecule has 2 N–H and O–H groups in total. The van der Waals surface area contributed by atoms with E-state index in [1.165, 1.54) is 34.9 Å². The molecule has 0 saturated carbocycles. The molecule has 0 radical (unpaired) electrons. The minimum Gasteiger partial charge on any atom is -0.465 e. The first-order chi connectivity index (χ1) is 17.6. The molecule has 0 spiro atoms. The summed E-state index contributed by atoms with van der Waals surface area (Å²) in [4.78, 5) is 29.6. The lowest BCUT2D eigenvalue weighted by Gasteiger charge is -2.11. The Kier molecular flexibility index (Phi) is 7.39. The van der Waals surface area contributed by atoms with Gasteiger partial charge in [-0.3, -0.25) is 9.98 Å². The van der Waals surface area contributed by atoms with Crippen LogP contribution in [0.5, 0.6) is 0 Å². The van der Waals surface area contributed by atoms with Crippen LogP contribution in [0.3, 0.4) is 0 Å². The number of carbonyl (C=O) groups excluding carboxylic acids is 1. The largest absolute Gasteiger partial charge is 0.465 e. The number of allylic oxidation sites excluding steroid dienone is 4. The van der Waals surface area contributed by atoms with Gasteiger partial charge in [0.1, 0.15) is 5.57 Å². The molecule has 2 aromatic heterocycles. The predicted octanol–water partition coefficient (Wildman–Crippen LogP) is 6.88. The summed E-state index contributed by atoms with van der Waals surface area (Å²) in [6.07, 6.45) is 8.19. The minimum atomic E-state index is -0.369. The normalized spacial score (nSPS) is 17.7. The van der Waals surface area contributed by atoms with Gasteiger partial charge in [-0.2, -0.15) is 0 Å². The van der Waals surface area contributed by atoms with Crippen LogP contribution in [0.25, 0.3) is 11.6 Å². The predicted molar refractivity (Wildman–Crippen MR) is 153 cm³/mol. The van der Waals surface area contributed by atoms with E-state index in [4.69, 9.17) is 4.74 Å². The Morgan fingerprint density at radius 3 is 2.16 bits per heavy atom. The van der Waals surface area contributed by atoms with Gasteiger partial charge in [0.2, 0.25) is 0 Å². The molecule has 0 unspecified atom stereocenters. The first kappa shape index (κ1) is 26.4. The summed E-state index contributed by atoms with van der Waals surface area (Å²) in [5, 5.41) is 0. The van der Waals surface area contributed by atoms with E-state index in [-0.39, 0.29) is 5.97 Å². The minimum absolute atomic E-state index is 0.369. The first-order valence-corrected chi connectivity index (χ1v) is 13.0. The lowest BCUT2D eigenvalue weighted by molar-refractivity contribution is -0.133. The zero-order valence-electron chi connectivity index (χ0n) is 23.6. The van der Waals surface area contributed by atoms with Crippen LogP contribution in [0.4, 0.5) is 0 Å². The standard InChI is InChI=1S/C31H38N4O2/c1-10-22-17(4)15-33-29(22)28(31(36)37-9)30-23(11-2)21(8)27(35-30)13-26-20(7)19(6)25(34-26)12-24-18(5)16(3)14-32-24/h12,14-15,34-35H,10-11,13H2,1-9H3/b24-12-,29-28+. The second kappa shape index (κ2) is 10.4. The van der Waals surface area contributed by atoms with Gasteiger partial charge in [0.25, 0.3) is 0 Å². The molecule has 37 heavy (non-hydrogen) atoms. The molecule has 4 rings (SSSR count). The van der Waals surface area contributed by atoms with Crippen LogP contribution in [-0.4, -0.2) is 35.5 Å². The van der Waals surface area contributed by atoms with Crippen molar-refractivity contribution in [2.45, 2.75) is 74.7 Å². The number of ether oxygens (including phenoxy) is 1. The second-order valence-electron chi connectivity index (χ2n) is 9.96. The fourth-order valence-electron chi connectivity index (χ4n) is 5.23. The maximum Gasteiger partial charge on any atom is 0.342 e. The maximum absolute atomic E-state index is 13.1. The molecular weight excluding hydrogens is 460 g/mol. The lowest BCUT2D eigenvalue weighted by Crippen LogP contribution is -2.09. The number of carbonyl (C=O) groups is 1. The average molecular weight is 499 g/mol. The smallest absolute Gasteiger partial charge is 0.342 e. The molecule has 4 heterocycles. The molecule has 2 aliphatic rings. The Hall–Kier alpha value is -3.67. The number of esters is 1. The highest BCUT2D eigenvalue weighted by Crippen LogP contribution is 2.36. The summed E-state index contributed by atoms with van der Waals surface area (Å²) in [7, 11) is 1.43. The Morgan fingerprint density at radius 1 is 0.892 bits per heavy atom. The molecule has 6 nitrogen and oxygen atoms in total. The molecule has 0 amide bonds. The molecule has 0 fully saturated rings. The molecule has 6 heteroatoms. The average Bonchev–Trinajstić information content (AvgIpc) is 3.58. The van der Waals surface area contributed by atoms with Crippen LogP contribution in [0.2, 0.25) is 0 Å². The van der Waals surface area contributed by atoms with E-state index in [0.717, 1.165) is 58.0 Å². The Balaban J connectivity index is 1.79. The monoisotopic (exact) mass is 498 g/mol. The van der Waals surface area contributed by atoms with E-state index in [9.17, 15) is 4.79 Å². The van der Waals surface area contributed by atoms with Crippen molar-refractivity contribution in [1.82, 2.24) is 9.97 Å². The van der Waals surface area contributed by atoms with Crippen LogP contribution >= 0.6 is 0 Å². The van der Waals surface area contributed by atoms with E-state index >= 15 is 0 Å². The highest BCUT2D eigenvalue weighted by molar-refractivity contribution is 6.19. The van der Waals surface area contributed by atoms with Gasteiger partial charge >= 0.3 is 5.97 Å². The molecule has 0 bridgehead atoms. The fraction of sp³-hybridized carbons (Fsp3) is 0.387. The highest BCUT2D eigenvalue weighted by atomic mass is 16.5. The van der Waals surface area contributed by atoms with E-state index in [2.05, 4.69) is 74.5 Å². The molecule has 0 aliphatic carbocycles. The van der Waals surface area contributed by atoms with Gasteiger partial charge in [-0.15, -0.1) is 0 Å². The Morgan fingerprint density at radius 2 is 1.57 bits per heavy atom. The van der Waals surface area contributed by atoms with Crippen LogP contribution in [0.15, 0.2) is 43.7 Å². The lowest BCUT2D eigenvalue weighted by atomic mass is 9.96. The van der Waals surface area contributed by atoms with Crippen molar-refractivity contribution in [1.29, 1.82) is 0 Å². The third-order valence-electron chi connectivity index (χ3n) is 7.93. The molecule has 0 atom stereocenters. The van der Waals surface area contributed by atoms with Crippen LogP contribution in [0.1, 0.15) is 86.1 Å². The van der Waals surface area contributed by atoms with Gasteiger partial charge in [-0.1, -0.05) is 13.8 Å². The number of H-pyrrole nitrogens is 2. The van der Waals surface area contributed by atoms with Gasteiger partial charge in [-0.05, 0) is 105 Å². The van der Waals surface area contributed by atoms with Gasteiger partial charge in [0.15, 0.2) is 0 Å². The van der Waals surface area contributed by atoms with Crippen molar-refractivity contribution in [2.24, 2.45) is 9.98 Å². The highest BCUT2D eigenvalue weighted by Gasteiger charge is 2.28. The van der Waals surface area contributed by atoms with E-state index < -0.39 is 0 Å². The third kappa shape index (κ3) is 4.61. The molecular formula is C31H38N4O2. The summed E-state index contributed by atoms with van der Waals surface area (Å²) in [5.74, 6) is -0.369. The zero-order valence-corrected chi connectivity index (χ0v) is 23.6. The number of methoxy groups -OCH3 is 1. The number of aromatic nitrogens is 2. The van der Waals surface area contributed by atoms with Crippen molar-refractivity contribution in [3.63, 3.8) is 0 Å². The number of aromatic amines is 2. The second-order valence-corrected chi connectivity index (χ2v) is 9.96. The molecule has 0 aromatic carbocycles. The topological polar surface area (TPSA) is 82.6 Å². The van der Waals surface area contributed by atoms with E-state index in [1.807, 2.05) is 19.4 Å². The summed E-state index contributed by atoms with van der Waals surface area (Å²) in [5.41, 5.74) is 15.7. The number of aliphatic imine (C=N–C) groups is 2. The molecule has 194 valence electrons. The maximum atomic E-state index is 13.1. The number of hydrogen-bond acceptors (Lipinski definition) is 4. The summed E-state index contributed by atoms with van der Waals surface area (Å²) < 4.78 is 5.25. The van der Waals surface area contributed by atoms with Gasteiger partial charge in [0.05, 0.1) is 24.2 Å². The van der Waals surface area contributed by atoms with Gasteiger partial charge in [-0.25, -0.2) is 4.79 Å². The van der Waals surface area contributed by atoms with E-state index in [0.29, 0.717) is 17.7 Å². The Labute approximate surface area is 220 Å². The number of nitrogens with one attached hydrogen (secondary N) is 2. The van der Waals surface area contributed by atoms with Gasteiger partial charge < -0.3 is 14.7 Å². The van der Waals surface area contributed by atoms with Crippen molar-refractivity contribution in [3.05, 3.63) is 78.7 Å². The van der Waals surface area contributed by atoms with E-state index in [1.54, 1.807) is 0 Å². The third-order valence-corrected chi connectivity index (χ3v) is 7.93. The van der Waals surface area contributed by atoms with Crippen molar-refractivity contribution < 1.29 is 9.53 Å². The van der Waals surface area contributed by atoms with Crippen molar-refractivity contribution >= 4 is 30.0 Å². The SMILES string of the molecule is CCC1=C(C)C=N/C1=C(/C(=O)OC)c1[nH]c(Cc2[nH]c(/C=C3\N=CC(C)=C3C)c(C)c2C)c(C)c1CC. The zero-order chi connectivity index (χ0) is 27.0. The summed E-state index contributed by atoms with van der Waals surface area (Å²) >= 11 is 0. The number of nitrogens with zero attached hydrogens (tertiary/aromatic N) is 2. The van der Waals surface area contributed by atoms with Gasteiger partial charge in [0, 0.05) is 35.9 Å². The molecule has 2 aromatic rings.